The van der Waals surface area contributed by atoms with E-state index in [4.69, 9.17) is 12.2 Å². The van der Waals surface area contributed by atoms with E-state index in [1.54, 1.807) is 0 Å². The first-order chi connectivity index (χ1) is 10.4. The van der Waals surface area contributed by atoms with Crippen LogP contribution in [0.15, 0.2) is 18.2 Å². The summed E-state index contributed by atoms with van der Waals surface area (Å²) in [4.78, 5) is 2.38. The Balaban J connectivity index is 1.97. The Morgan fingerprint density at radius 3 is 2.27 bits per heavy atom. The molecule has 0 bridgehead atoms. The van der Waals surface area contributed by atoms with E-state index in [9.17, 15) is 0 Å². The fourth-order valence-corrected chi connectivity index (χ4v) is 3.58. The summed E-state index contributed by atoms with van der Waals surface area (Å²) in [6, 6.07) is 6.30. The summed E-state index contributed by atoms with van der Waals surface area (Å²) in [5.41, 5.74) is 3.82. The summed E-state index contributed by atoms with van der Waals surface area (Å²) >= 11 is 5.52. The van der Waals surface area contributed by atoms with Gasteiger partial charge < -0.3 is 15.5 Å². The Labute approximate surface area is 140 Å². The van der Waals surface area contributed by atoms with Crippen LogP contribution >= 0.6 is 12.2 Å². The van der Waals surface area contributed by atoms with Crippen molar-refractivity contribution in [2.75, 3.05) is 26.0 Å². The van der Waals surface area contributed by atoms with Crippen LogP contribution in [0.2, 0.25) is 0 Å². The van der Waals surface area contributed by atoms with Crippen molar-refractivity contribution in [2.45, 2.75) is 51.5 Å². The molecule has 22 heavy (non-hydrogen) atoms. The van der Waals surface area contributed by atoms with Gasteiger partial charge in [0.1, 0.15) is 0 Å². The second-order valence-electron chi connectivity index (χ2n) is 6.75. The van der Waals surface area contributed by atoms with Crippen LogP contribution in [0.1, 0.15) is 43.2 Å². The molecule has 0 aromatic heterocycles. The molecule has 0 saturated heterocycles. The lowest BCUT2D eigenvalue weighted by Crippen LogP contribution is -2.54. The molecule has 122 valence electrons. The van der Waals surface area contributed by atoms with Crippen molar-refractivity contribution < 1.29 is 0 Å². The van der Waals surface area contributed by atoms with Gasteiger partial charge in [-0.1, -0.05) is 37.5 Å². The van der Waals surface area contributed by atoms with Crippen LogP contribution < -0.4 is 10.6 Å². The number of likely N-dealkylation sites (N-methyl/N-ethyl adjacent to an activating group) is 1. The number of hydrogen-bond acceptors (Lipinski definition) is 2. The highest BCUT2D eigenvalue weighted by Crippen LogP contribution is 2.31. The summed E-state index contributed by atoms with van der Waals surface area (Å²) in [7, 11) is 4.38. The van der Waals surface area contributed by atoms with Gasteiger partial charge in [-0.05, 0) is 64.1 Å². The van der Waals surface area contributed by atoms with E-state index >= 15 is 0 Å². The highest BCUT2D eigenvalue weighted by Gasteiger charge is 2.34. The number of hydrogen-bond donors (Lipinski definition) is 2. The molecule has 1 aromatic carbocycles. The van der Waals surface area contributed by atoms with Gasteiger partial charge in [0.15, 0.2) is 5.11 Å². The number of para-hydroxylation sites is 1. The van der Waals surface area contributed by atoms with Gasteiger partial charge in [0, 0.05) is 17.8 Å². The zero-order valence-corrected chi connectivity index (χ0v) is 15.1. The van der Waals surface area contributed by atoms with Crippen LogP contribution in [-0.4, -0.2) is 36.2 Å². The molecule has 1 saturated carbocycles. The Bertz CT molecular complexity index is 499. The molecule has 4 heteroatoms. The molecule has 0 spiro atoms. The zero-order valence-electron chi connectivity index (χ0n) is 14.3. The van der Waals surface area contributed by atoms with Crippen LogP contribution in [0.4, 0.5) is 5.69 Å². The van der Waals surface area contributed by atoms with E-state index in [1.807, 2.05) is 0 Å². The maximum Gasteiger partial charge on any atom is 0.170 e. The van der Waals surface area contributed by atoms with Crippen LogP contribution in [0, 0.1) is 13.8 Å². The highest BCUT2D eigenvalue weighted by atomic mass is 32.1. The van der Waals surface area contributed by atoms with Gasteiger partial charge in [0.2, 0.25) is 0 Å². The molecule has 0 atom stereocenters. The van der Waals surface area contributed by atoms with Gasteiger partial charge in [0.05, 0.1) is 0 Å². The molecule has 0 unspecified atom stereocenters. The van der Waals surface area contributed by atoms with Crippen LogP contribution in [-0.2, 0) is 0 Å². The van der Waals surface area contributed by atoms with E-state index in [-0.39, 0.29) is 5.54 Å². The number of thiocarbonyl (C=S) groups is 1. The smallest absolute Gasteiger partial charge is 0.170 e. The minimum Gasteiger partial charge on any atom is -0.361 e. The zero-order chi connectivity index (χ0) is 16.2. The summed E-state index contributed by atoms with van der Waals surface area (Å²) in [6.07, 6.45) is 6.49. The summed E-state index contributed by atoms with van der Waals surface area (Å²) < 4.78 is 0. The SMILES string of the molecule is Cc1cccc(C)c1NC(=S)NCC1(N(C)C)CCCCC1. The maximum atomic E-state index is 5.52. The number of benzene rings is 1. The molecule has 2 N–H and O–H groups in total. The van der Waals surface area contributed by atoms with Gasteiger partial charge in [-0.2, -0.15) is 0 Å². The summed E-state index contributed by atoms with van der Waals surface area (Å²) in [5.74, 6) is 0. The van der Waals surface area contributed by atoms with E-state index in [2.05, 4.69) is 61.7 Å². The lowest BCUT2D eigenvalue weighted by molar-refractivity contribution is 0.104. The van der Waals surface area contributed by atoms with Crippen molar-refractivity contribution in [3.63, 3.8) is 0 Å². The molecule has 1 aliphatic rings. The molecule has 2 rings (SSSR count). The Morgan fingerprint density at radius 2 is 1.73 bits per heavy atom. The molecular weight excluding hydrogens is 290 g/mol. The van der Waals surface area contributed by atoms with Gasteiger partial charge in [-0.15, -0.1) is 0 Å². The van der Waals surface area contributed by atoms with Gasteiger partial charge >= 0.3 is 0 Å². The Hall–Kier alpha value is -1.13. The number of rotatable bonds is 4. The lowest BCUT2D eigenvalue weighted by atomic mass is 9.80. The van der Waals surface area contributed by atoms with Gasteiger partial charge in [-0.3, -0.25) is 0 Å². The van der Waals surface area contributed by atoms with Crippen LogP contribution in [0.25, 0.3) is 0 Å². The minimum absolute atomic E-state index is 0.241. The van der Waals surface area contributed by atoms with E-state index in [0.29, 0.717) is 0 Å². The predicted molar refractivity (Wildman–Crippen MR) is 99.6 cm³/mol. The standard InChI is InChI=1S/C18H29N3S/c1-14-9-8-10-15(2)16(14)20-17(22)19-13-18(21(3)4)11-6-5-7-12-18/h8-10H,5-7,11-13H2,1-4H3,(H2,19,20,22). The monoisotopic (exact) mass is 319 g/mol. The summed E-state index contributed by atoms with van der Waals surface area (Å²) in [6.45, 7) is 5.14. The van der Waals surface area contributed by atoms with E-state index in [0.717, 1.165) is 17.3 Å². The third kappa shape index (κ3) is 3.99. The summed E-state index contributed by atoms with van der Waals surface area (Å²) in [5, 5.41) is 7.56. The average molecular weight is 320 g/mol. The molecule has 0 radical (unpaired) electrons. The fourth-order valence-electron chi connectivity index (χ4n) is 3.41. The predicted octanol–water partition coefficient (Wildman–Crippen LogP) is 3.85. The average Bonchev–Trinajstić information content (AvgIpc) is 2.50. The van der Waals surface area contributed by atoms with Crippen molar-refractivity contribution in [2.24, 2.45) is 0 Å². The molecule has 0 heterocycles. The number of aryl methyl sites for hydroxylation is 2. The molecule has 1 aromatic rings. The van der Waals surface area contributed by atoms with Crippen LogP contribution in [0.5, 0.6) is 0 Å². The van der Waals surface area contributed by atoms with Crippen molar-refractivity contribution in [3.8, 4) is 0 Å². The van der Waals surface area contributed by atoms with E-state index in [1.165, 1.54) is 43.2 Å². The van der Waals surface area contributed by atoms with Crippen molar-refractivity contribution in [1.82, 2.24) is 10.2 Å². The van der Waals surface area contributed by atoms with Gasteiger partial charge in [0.25, 0.3) is 0 Å². The first-order valence-corrected chi connectivity index (χ1v) is 8.64. The molecule has 3 nitrogen and oxygen atoms in total. The molecular formula is C18H29N3S. The number of nitrogens with zero attached hydrogens (tertiary/aromatic N) is 1. The molecule has 0 amide bonds. The van der Waals surface area contributed by atoms with Crippen LogP contribution in [0.3, 0.4) is 0 Å². The largest absolute Gasteiger partial charge is 0.361 e. The van der Waals surface area contributed by atoms with E-state index < -0.39 is 0 Å². The molecule has 1 aliphatic carbocycles. The molecule has 1 fully saturated rings. The van der Waals surface area contributed by atoms with Crippen molar-refractivity contribution in [3.05, 3.63) is 29.3 Å². The van der Waals surface area contributed by atoms with Crippen molar-refractivity contribution in [1.29, 1.82) is 0 Å². The highest BCUT2D eigenvalue weighted by molar-refractivity contribution is 7.80. The minimum atomic E-state index is 0.241. The normalized spacial score (nSPS) is 17.3. The number of nitrogens with one attached hydrogen (secondary N) is 2. The first-order valence-electron chi connectivity index (χ1n) is 8.23. The Kier molecular flexibility index (Phi) is 5.81. The maximum absolute atomic E-state index is 5.52. The fraction of sp³-hybridized carbons (Fsp3) is 0.611. The second kappa shape index (κ2) is 7.42. The second-order valence-corrected chi connectivity index (χ2v) is 7.16. The first kappa shape index (κ1) is 17.2. The third-order valence-corrected chi connectivity index (χ3v) is 5.28. The number of anilines is 1. The molecule has 0 aliphatic heterocycles. The quantitative estimate of drug-likeness (QED) is 0.824. The van der Waals surface area contributed by atoms with Gasteiger partial charge in [-0.25, -0.2) is 0 Å². The Morgan fingerprint density at radius 1 is 1.14 bits per heavy atom. The lowest BCUT2D eigenvalue weighted by Gasteiger charge is -2.43. The third-order valence-electron chi connectivity index (χ3n) is 5.03. The topological polar surface area (TPSA) is 27.3 Å². The van der Waals surface area contributed by atoms with Crippen molar-refractivity contribution >= 4 is 23.0 Å².